The second kappa shape index (κ2) is 13.2. The maximum atomic E-state index is 6.15. The van der Waals surface area contributed by atoms with Crippen LogP contribution in [-0.4, -0.2) is 80.8 Å². The molecule has 0 aliphatic rings. The minimum absolute atomic E-state index is 0.555. The average molecular weight is 453 g/mol. The monoisotopic (exact) mass is 452 g/mol. The number of thiol groups is 2. The van der Waals surface area contributed by atoms with E-state index in [4.69, 9.17) is 34.8 Å². The lowest BCUT2D eigenvalue weighted by atomic mass is 10.6. The Morgan fingerprint density at radius 3 is 1.08 bits per heavy atom. The van der Waals surface area contributed by atoms with E-state index in [9.17, 15) is 0 Å². The lowest BCUT2D eigenvalue weighted by molar-refractivity contribution is 0.00893. The van der Waals surface area contributed by atoms with Crippen LogP contribution in [-0.2, 0) is 34.8 Å². The van der Waals surface area contributed by atoms with Crippen LogP contribution in [0.5, 0.6) is 0 Å². The first-order valence-corrected chi connectivity index (χ1v) is 14.6. The van der Waals surface area contributed by atoms with Crippen molar-refractivity contribution in [2.75, 3.05) is 54.2 Å². The van der Waals surface area contributed by atoms with Crippen molar-refractivity contribution in [1.82, 2.24) is 0 Å². The van der Waals surface area contributed by atoms with E-state index >= 15 is 0 Å². The van der Waals surface area contributed by atoms with E-state index in [2.05, 4.69) is 25.3 Å². The van der Waals surface area contributed by atoms with E-state index in [1.807, 2.05) is 0 Å². The van der Waals surface area contributed by atoms with Gasteiger partial charge in [0.2, 0.25) is 0 Å². The van der Waals surface area contributed by atoms with Crippen molar-refractivity contribution in [2.45, 2.75) is 24.9 Å². The summed E-state index contributed by atoms with van der Waals surface area (Å²) in [6.07, 6.45) is 1.51. The summed E-state index contributed by atoms with van der Waals surface area (Å²) in [7, 11) is -0.678. The highest BCUT2D eigenvalue weighted by Crippen LogP contribution is 2.28. The van der Waals surface area contributed by atoms with E-state index in [1.165, 1.54) is 42.7 Å². The summed E-state index contributed by atoms with van der Waals surface area (Å²) in [6.45, 7) is 0. The van der Waals surface area contributed by atoms with Crippen molar-refractivity contribution in [3.63, 3.8) is 0 Å². The molecule has 152 valence electrons. The first-order valence-electron chi connectivity index (χ1n) is 7.83. The van der Waals surface area contributed by atoms with Gasteiger partial charge >= 0.3 is 26.7 Å². The normalized spacial score (nSPS) is 13.4. The molecule has 0 amide bonds. The summed E-state index contributed by atoms with van der Waals surface area (Å²) in [6, 6.07) is 1.11. The third-order valence-electron chi connectivity index (χ3n) is 3.59. The molecule has 0 aromatic rings. The van der Waals surface area contributed by atoms with Gasteiger partial charge in [-0.1, -0.05) is 0 Å². The molecule has 0 saturated heterocycles. The second-order valence-electron chi connectivity index (χ2n) is 4.95. The summed E-state index contributed by atoms with van der Waals surface area (Å²) in [4.78, 5) is 0. The Labute approximate surface area is 165 Å². The van der Waals surface area contributed by atoms with Gasteiger partial charge in [-0.2, -0.15) is 25.3 Å². The van der Waals surface area contributed by atoms with Crippen LogP contribution >= 0.6 is 25.3 Å². The molecule has 0 radical (unpaired) electrons. The zero-order valence-electron chi connectivity index (χ0n) is 15.9. The van der Waals surface area contributed by atoms with Crippen LogP contribution < -0.4 is 0 Å². The summed E-state index contributed by atoms with van der Waals surface area (Å²) >= 11 is 8.48. The highest BCUT2D eigenvalue weighted by atomic mass is 32.1. The first kappa shape index (κ1) is 26.0. The van der Waals surface area contributed by atoms with Gasteiger partial charge in [0.15, 0.2) is 0 Å². The van der Waals surface area contributed by atoms with Gasteiger partial charge in [-0.05, 0) is 24.3 Å². The van der Waals surface area contributed by atoms with Gasteiger partial charge in [-0.3, -0.25) is 0 Å². The van der Waals surface area contributed by atoms with Crippen LogP contribution in [0.1, 0.15) is 12.8 Å². The smallest absolute Gasteiger partial charge is 0.377 e. The summed E-state index contributed by atoms with van der Waals surface area (Å²) in [5, 5.41) is 0. The molecule has 0 heterocycles. The van der Waals surface area contributed by atoms with E-state index in [1.54, 1.807) is 0 Å². The molecule has 0 bridgehead atoms. The third-order valence-corrected chi connectivity index (χ3v) is 14.1. The van der Waals surface area contributed by atoms with Gasteiger partial charge in [0.25, 0.3) is 0 Å². The van der Waals surface area contributed by atoms with E-state index < -0.39 is 26.7 Å². The third kappa shape index (κ3) is 7.89. The molecule has 25 heavy (non-hydrogen) atoms. The number of hydrogen-bond donors (Lipinski definition) is 2. The first-order chi connectivity index (χ1) is 11.9. The molecular weight excluding hydrogens is 421 g/mol. The fraction of sp³-hybridized carbons (Fsp3) is 1.00. The highest BCUT2D eigenvalue weighted by Gasteiger charge is 2.60. The molecule has 0 saturated carbocycles. The molecule has 0 fully saturated rings. The van der Waals surface area contributed by atoms with Crippen LogP contribution in [0, 0.1) is 0 Å². The molecule has 0 spiro atoms. The Balaban J connectivity index is 5.55. The molecule has 0 unspecified atom stereocenters. The van der Waals surface area contributed by atoms with Crippen molar-refractivity contribution in [2.24, 2.45) is 0 Å². The standard InChI is InChI=1S/C12H32O8S2Si3/c1-13-23(14-2,11-7-9-21)19-25(17-5,18-6)20-24(15-3,16-4)12-8-10-22/h21-22H,7-12H2,1-6H3. The van der Waals surface area contributed by atoms with Gasteiger partial charge in [0.1, 0.15) is 0 Å². The van der Waals surface area contributed by atoms with Crippen LogP contribution in [0.4, 0.5) is 0 Å². The predicted octanol–water partition coefficient (Wildman–Crippen LogP) is 1.85. The molecule has 0 rings (SSSR count). The zero-order chi connectivity index (χ0) is 19.4. The maximum Gasteiger partial charge on any atom is 0.664 e. The second-order valence-corrected chi connectivity index (χ2v) is 14.7. The molecule has 13 heteroatoms. The van der Waals surface area contributed by atoms with Crippen LogP contribution in [0.3, 0.4) is 0 Å². The maximum absolute atomic E-state index is 6.15. The minimum Gasteiger partial charge on any atom is -0.377 e. The van der Waals surface area contributed by atoms with Gasteiger partial charge in [-0.15, -0.1) is 0 Å². The molecule has 0 aliphatic heterocycles. The Kier molecular flexibility index (Phi) is 13.8. The van der Waals surface area contributed by atoms with Crippen molar-refractivity contribution >= 4 is 51.9 Å². The molecule has 0 N–H and O–H groups in total. The molecular formula is C12H32O8S2Si3. The summed E-state index contributed by atoms with van der Waals surface area (Å²) in [5.41, 5.74) is 0. The van der Waals surface area contributed by atoms with Gasteiger partial charge in [0, 0.05) is 54.7 Å². The molecule has 0 aliphatic carbocycles. The number of rotatable bonds is 16. The van der Waals surface area contributed by atoms with E-state index in [-0.39, 0.29) is 0 Å². The predicted molar refractivity (Wildman–Crippen MR) is 108 cm³/mol. The van der Waals surface area contributed by atoms with Crippen molar-refractivity contribution in [3.8, 4) is 0 Å². The Bertz CT molecular complexity index is 316. The van der Waals surface area contributed by atoms with Gasteiger partial charge in [0.05, 0.1) is 0 Å². The number of hydrogen-bond acceptors (Lipinski definition) is 10. The van der Waals surface area contributed by atoms with E-state index in [0.29, 0.717) is 23.6 Å². The summed E-state index contributed by atoms with van der Waals surface area (Å²) in [5.74, 6) is 1.36. The fourth-order valence-corrected chi connectivity index (χ4v) is 12.6. The molecule has 0 aromatic heterocycles. The van der Waals surface area contributed by atoms with Crippen LogP contribution in [0.25, 0.3) is 0 Å². The average Bonchev–Trinajstić information content (AvgIpc) is 2.67. The largest absolute Gasteiger partial charge is 0.664 e. The van der Waals surface area contributed by atoms with Crippen LogP contribution in [0.2, 0.25) is 12.1 Å². The minimum atomic E-state index is -3.62. The Morgan fingerprint density at radius 2 is 0.880 bits per heavy atom. The summed E-state index contributed by atoms with van der Waals surface area (Å²) < 4.78 is 45.8. The Morgan fingerprint density at radius 1 is 0.560 bits per heavy atom. The molecule has 0 aromatic carbocycles. The van der Waals surface area contributed by atoms with Crippen LogP contribution in [0.15, 0.2) is 0 Å². The van der Waals surface area contributed by atoms with Gasteiger partial charge in [-0.25, -0.2) is 0 Å². The Hall–Kier alpha value is 1.03. The van der Waals surface area contributed by atoms with Crippen molar-refractivity contribution in [1.29, 1.82) is 0 Å². The van der Waals surface area contributed by atoms with Crippen molar-refractivity contribution < 1.29 is 34.8 Å². The van der Waals surface area contributed by atoms with Crippen molar-refractivity contribution in [3.05, 3.63) is 0 Å². The van der Waals surface area contributed by atoms with E-state index in [0.717, 1.165) is 12.8 Å². The topological polar surface area (TPSA) is 73.8 Å². The zero-order valence-corrected chi connectivity index (χ0v) is 20.7. The molecule has 0 atom stereocenters. The fourth-order valence-electron chi connectivity index (χ4n) is 2.09. The highest BCUT2D eigenvalue weighted by molar-refractivity contribution is 7.80. The van der Waals surface area contributed by atoms with Gasteiger partial charge < -0.3 is 34.8 Å². The lowest BCUT2D eigenvalue weighted by Crippen LogP contribution is -2.64. The molecule has 8 nitrogen and oxygen atoms in total. The SMILES string of the molecule is CO[Si](CCCS)(OC)O[Si](OC)(OC)O[Si](CCCS)(OC)OC. The quantitative estimate of drug-likeness (QED) is 0.271. The lowest BCUT2D eigenvalue weighted by Gasteiger charge is -2.38.